The molecule has 4 rings (SSSR count). The summed E-state index contributed by atoms with van der Waals surface area (Å²) in [5, 5.41) is 13.5. The summed E-state index contributed by atoms with van der Waals surface area (Å²) in [6.45, 7) is 0. The molecule has 23 heavy (non-hydrogen) atoms. The average molecular weight is 312 g/mol. The van der Waals surface area contributed by atoms with Crippen molar-refractivity contribution in [2.24, 2.45) is 0 Å². The summed E-state index contributed by atoms with van der Waals surface area (Å²) in [5.74, 6) is 0.0238. The fourth-order valence-corrected chi connectivity index (χ4v) is 3.91. The highest BCUT2D eigenvalue weighted by molar-refractivity contribution is 5.72. The summed E-state index contributed by atoms with van der Waals surface area (Å²) in [5.41, 5.74) is 9.80. The molecular formula is C17H20N4O2. The zero-order valence-corrected chi connectivity index (χ0v) is 12.9. The van der Waals surface area contributed by atoms with E-state index >= 15 is 0 Å². The van der Waals surface area contributed by atoms with Crippen molar-refractivity contribution in [3.8, 4) is 0 Å². The van der Waals surface area contributed by atoms with Gasteiger partial charge in [-0.25, -0.2) is 9.48 Å². The molecule has 0 radical (unpaired) electrons. The van der Waals surface area contributed by atoms with Gasteiger partial charge in [0, 0.05) is 5.92 Å². The number of carboxylic acids is 1. The molecule has 2 unspecified atom stereocenters. The molecule has 1 aliphatic heterocycles. The molecule has 6 heteroatoms. The maximum atomic E-state index is 11.4. The van der Waals surface area contributed by atoms with Crippen LogP contribution in [0.15, 0.2) is 18.2 Å². The third-order valence-electron chi connectivity index (χ3n) is 5.07. The number of aliphatic carboxylic acids is 1. The van der Waals surface area contributed by atoms with Crippen molar-refractivity contribution in [2.75, 3.05) is 5.73 Å². The van der Waals surface area contributed by atoms with Gasteiger partial charge in [-0.3, -0.25) is 0 Å². The maximum Gasteiger partial charge on any atom is 0.328 e. The summed E-state index contributed by atoms with van der Waals surface area (Å²) >= 11 is 0. The van der Waals surface area contributed by atoms with E-state index in [0.29, 0.717) is 12.2 Å². The fourth-order valence-electron chi connectivity index (χ4n) is 3.91. The highest BCUT2D eigenvalue weighted by Crippen LogP contribution is 2.38. The van der Waals surface area contributed by atoms with Gasteiger partial charge in [0.25, 0.3) is 0 Å². The number of nitrogens with zero attached hydrogens (tertiary/aromatic N) is 3. The molecule has 0 spiro atoms. The van der Waals surface area contributed by atoms with Crippen molar-refractivity contribution in [3.05, 3.63) is 40.7 Å². The van der Waals surface area contributed by atoms with Crippen molar-refractivity contribution < 1.29 is 9.90 Å². The summed E-state index contributed by atoms with van der Waals surface area (Å²) in [6.07, 6.45) is 6.10. The van der Waals surface area contributed by atoms with Gasteiger partial charge in [-0.05, 0) is 55.2 Å². The van der Waals surface area contributed by atoms with Crippen LogP contribution >= 0.6 is 0 Å². The topological polar surface area (TPSA) is 94.0 Å². The first kappa shape index (κ1) is 14.2. The van der Waals surface area contributed by atoms with Crippen molar-refractivity contribution >= 4 is 11.9 Å². The van der Waals surface area contributed by atoms with Gasteiger partial charge in [-0.15, -0.1) is 5.10 Å². The Morgan fingerprint density at radius 3 is 2.78 bits per heavy atom. The van der Waals surface area contributed by atoms with E-state index in [2.05, 4.69) is 28.3 Å². The molecule has 1 aromatic carbocycles. The Morgan fingerprint density at radius 2 is 2.00 bits per heavy atom. The number of aromatic nitrogens is 3. The van der Waals surface area contributed by atoms with E-state index in [9.17, 15) is 9.90 Å². The quantitative estimate of drug-likeness (QED) is 0.887. The molecule has 0 amide bonds. The van der Waals surface area contributed by atoms with Crippen LogP contribution in [-0.4, -0.2) is 25.8 Å². The molecule has 2 aromatic rings. The minimum Gasteiger partial charge on any atom is -0.480 e. The number of fused-ring (bicyclic) bond motifs is 2. The number of nitrogen functional groups attached to an aromatic ring is 1. The van der Waals surface area contributed by atoms with E-state index in [1.54, 1.807) is 0 Å². The summed E-state index contributed by atoms with van der Waals surface area (Å²) in [6, 6.07) is 5.99. The lowest BCUT2D eigenvalue weighted by Gasteiger charge is -2.28. The van der Waals surface area contributed by atoms with Crippen LogP contribution in [0, 0.1) is 0 Å². The minimum absolute atomic E-state index is 0.0719. The van der Waals surface area contributed by atoms with E-state index in [4.69, 9.17) is 5.73 Å². The van der Waals surface area contributed by atoms with Crippen LogP contribution in [0.3, 0.4) is 0 Å². The second-order valence-corrected chi connectivity index (χ2v) is 6.49. The monoisotopic (exact) mass is 312 g/mol. The smallest absolute Gasteiger partial charge is 0.328 e. The Balaban J connectivity index is 1.75. The van der Waals surface area contributed by atoms with E-state index < -0.39 is 12.0 Å². The van der Waals surface area contributed by atoms with E-state index in [-0.39, 0.29) is 11.9 Å². The van der Waals surface area contributed by atoms with Crippen LogP contribution in [0.4, 0.5) is 5.95 Å². The Bertz CT molecular complexity index is 768. The Morgan fingerprint density at radius 1 is 1.22 bits per heavy atom. The minimum atomic E-state index is -0.875. The van der Waals surface area contributed by atoms with E-state index in [0.717, 1.165) is 19.3 Å². The molecule has 0 fully saturated rings. The first-order chi connectivity index (χ1) is 11.1. The molecule has 120 valence electrons. The number of aryl methyl sites for hydroxylation is 2. The van der Waals surface area contributed by atoms with Gasteiger partial charge in [-0.2, -0.15) is 4.98 Å². The van der Waals surface area contributed by atoms with Crippen LogP contribution in [0.25, 0.3) is 0 Å². The fraction of sp³-hybridized carbons (Fsp3) is 0.471. The first-order valence-corrected chi connectivity index (χ1v) is 8.20. The van der Waals surface area contributed by atoms with Gasteiger partial charge in [0.1, 0.15) is 5.82 Å². The lowest BCUT2D eigenvalue weighted by atomic mass is 9.84. The lowest BCUT2D eigenvalue weighted by Crippen LogP contribution is -2.28. The molecule has 6 nitrogen and oxygen atoms in total. The van der Waals surface area contributed by atoms with Gasteiger partial charge >= 0.3 is 5.97 Å². The SMILES string of the molecule is Nc1nc2n(n1)C(C(=O)O)CCC2c1ccc2c(c1)CCCC2. The van der Waals surface area contributed by atoms with Crippen molar-refractivity contribution in [1.82, 2.24) is 14.8 Å². The highest BCUT2D eigenvalue weighted by atomic mass is 16.4. The van der Waals surface area contributed by atoms with Crippen molar-refractivity contribution in [1.29, 1.82) is 0 Å². The number of carbonyl (C=O) groups is 1. The standard InChI is InChI=1S/C17H20N4O2/c18-17-19-15-13(7-8-14(16(22)23)21(15)20-17)12-6-5-10-3-1-2-4-11(10)9-12/h5-6,9,13-14H,1-4,7-8H2,(H2,18,20)(H,22,23). The molecule has 0 saturated carbocycles. The number of anilines is 1. The summed E-state index contributed by atoms with van der Waals surface area (Å²) in [7, 11) is 0. The van der Waals surface area contributed by atoms with Crippen molar-refractivity contribution in [2.45, 2.75) is 50.5 Å². The van der Waals surface area contributed by atoms with E-state index in [1.807, 2.05) is 0 Å². The Kier molecular flexibility index (Phi) is 3.32. The number of hydrogen-bond acceptors (Lipinski definition) is 4. The number of nitrogens with two attached hydrogens (primary N) is 1. The van der Waals surface area contributed by atoms with Crippen molar-refractivity contribution in [3.63, 3.8) is 0 Å². The average Bonchev–Trinajstić information content (AvgIpc) is 2.94. The lowest BCUT2D eigenvalue weighted by molar-refractivity contribution is -0.141. The second-order valence-electron chi connectivity index (χ2n) is 6.49. The summed E-state index contributed by atoms with van der Waals surface area (Å²) < 4.78 is 1.51. The van der Waals surface area contributed by atoms with Crippen LogP contribution in [0.2, 0.25) is 0 Å². The van der Waals surface area contributed by atoms with Crippen LogP contribution in [0.5, 0.6) is 0 Å². The Labute approximate surface area is 134 Å². The molecule has 0 bridgehead atoms. The molecule has 2 heterocycles. The van der Waals surface area contributed by atoms with Gasteiger partial charge in [0.2, 0.25) is 5.95 Å². The van der Waals surface area contributed by atoms with E-state index in [1.165, 1.54) is 34.2 Å². The zero-order valence-electron chi connectivity index (χ0n) is 12.9. The molecule has 2 atom stereocenters. The predicted octanol–water partition coefficient (Wildman–Crippen LogP) is 2.29. The molecule has 1 aromatic heterocycles. The number of benzene rings is 1. The molecule has 3 N–H and O–H groups in total. The molecule has 0 saturated heterocycles. The predicted molar refractivity (Wildman–Crippen MR) is 85.3 cm³/mol. The van der Waals surface area contributed by atoms with Crippen LogP contribution < -0.4 is 5.73 Å². The number of carboxylic acid groups (broad SMARTS) is 1. The third kappa shape index (κ3) is 2.38. The number of hydrogen-bond donors (Lipinski definition) is 2. The van der Waals surface area contributed by atoms with Crippen LogP contribution in [-0.2, 0) is 17.6 Å². The zero-order chi connectivity index (χ0) is 16.0. The van der Waals surface area contributed by atoms with Gasteiger partial charge in [0.15, 0.2) is 6.04 Å². The van der Waals surface area contributed by atoms with Gasteiger partial charge in [0.05, 0.1) is 0 Å². The first-order valence-electron chi connectivity index (χ1n) is 8.20. The van der Waals surface area contributed by atoms with Crippen LogP contribution in [0.1, 0.15) is 60.2 Å². The molecule has 2 aliphatic rings. The normalized spacial score (nSPS) is 23.1. The number of rotatable bonds is 2. The van der Waals surface area contributed by atoms with Gasteiger partial charge < -0.3 is 10.8 Å². The summed E-state index contributed by atoms with van der Waals surface area (Å²) in [4.78, 5) is 15.8. The molecular weight excluding hydrogens is 292 g/mol. The largest absolute Gasteiger partial charge is 0.480 e. The maximum absolute atomic E-state index is 11.4. The van der Waals surface area contributed by atoms with Gasteiger partial charge in [-0.1, -0.05) is 18.2 Å². The second kappa shape index (κ2) is 5.37. The molecule has 1 aliphatic carbocycles. The Hall–Kier alpha value is -2.37. The third-order valence-corrected chi connectivity index (χ3v) is 5.07. The highest BCUT2D eigenvalue weighted by Gasteiger charge is 2.35.